The summed E-state index contributed by atoms with van der Waals surface area (Å²) < 4.78 is 1.17. The van der Waals surface area contributed by atoms with Crippen LogP contribution in [-0.4, -0.2) is 0 Å². The molecule has 0 saturated heterocycles. The normalized spacial score (nSPS) is 12.6. The molecule has 2 rings (SSSR count). The maximum absolute atomic E-state index is 3.56. The van der Waals surface area contributed by atoms with Crippen molar-refractivity contribution < 1.29 is 0 Å². The second-order valence-corrected chi connectivity index (χ2v) is 5.39. The minimum atomic E-state index is 0.401. The summed E-state index contributed by atoms with van der Waals surface area (Å²) in [6.45, 7) is 3.08. The standard InChI is InChI=1S/C13H14BrNS/c1-10(12-6-7-16-9-12)15-8-11-4-2-3-5-13(11)14/h2-7,9-10,15H,8H2,1H3. The average molecular weight is 296 g/mol. The maximum Gasteiger partial charge on any atom is 0.0303 e. The van der Waals surface area contributed by atoms with Crippen molar-refractivity contribution in [3.63, 3.8) is 0 Å². The highest BCUT2D eigenvalue weighted by Gasteiger charge is 2.05. The first-order chi connectivity index (χ1) is 7.77. The van der Waals surface area contributed by atoms with Gasteiger partial charge in [0.25, 0.3) is 0 Å². The third kappa shape index (κ3) is 2.94. The Kier molecular flexibility index (Phi) is 4.16. The Morgan fingerprint density at radius 3 is 2.81 bits per heavy atom. The van der Waals surface area contributed by atoms with E-state index in [0.717, 1.165) is 6.54 Å². The third-order valence-electron chi connectivity index (χ3n) is 2.60. The average Bonchev–Trinajstić information content (AvgIpc) is 2.81. The van der Waals surface area contributed by atoms with Crippen LogP contribution in [0.2, 0.25) is 0 Å². The molecule has 1 heterocycles. The van der Waals surface area contributed by atoms with Gasteiger partial charge < -0.3 is 5.32 Å². The van der Waals surface area contributed by atoms with E-state index in [1.165, 1.54) is 15.6 Å². The lowest BCUT2D eigenvalue weighted by Gasteiger charge is -2.13. The second-order valence-electron chi connectivity index (χ2n) is 3.75. The van der Waals surface area contributed by atoms with E-state index >= 15 is 0 Å². The zero-order valence-electron chi connectivity index (χ0n) is 9.11. The van der Waals surface area contributed by atoms with E-state index in [4.69, 9.17) is 0 Å². The van der Waals surface area contributed by atoms with Gasteiger partial charge in [0.15, 0.2) is 0 Å². The van der Waals surface area contributed by atoms with Crippen LogP contribution in [0.5, 0.6) is 0 Å². The number of nitrogens with one attached hydrogen (secondary N) is 1. The topological polar surface area (TPSA) is 12.0 Å². The number of rotatable bonds is 4. The van der Waals surface area contributed by atoms with E-state index in [9.17, 15) is 0 Å². The van der Waals surface area contributed by atoms with Crippen molar-refractivity contribution in [2.45, 2.75) is 19.5 Å². The Hall–Kier alpha value is -0.640. The highest BCUT2D eigenvalue weighted by atomic mass is 79.9. The van der Waals surface area contributed by atoms with Crippen molar-refractivity contribution >= 4 is 27.3 Å². The molecule has 2 aromatic rings. The van der Waals surface area contributed by atoms with Crippen LogP contribution in [0.15, 0.2) is 45.6 Å². The number of hydrogen-bond acceptors (Lipinski definition) is 2. The van der Waals surface area contributed by atoms with E-state index in [-0.39, 0.29) is 0 Å². The Balaban J connectivity index is 1.95. The van der Waals surface area contributed by atoms with E-state index in [0.29, 0.717) is 6.04 Å². The Morgan fingerprint density at radius 2 is 2.12 bits per heavy atom. The summed E-state index contributed by atoms with van der Waals surface area (Å²) >= 11 is 5.30. The maximum atomic E-state index is 3.56. The molecule has 1 unspecified atom stereocenters. The van der Waals surface area contributed by atoms with Crippen LogP contribution in [-0.2, 0) is 6.54 Å². The summed E-state index contributed by atoms with van der Waals surface area (Å²) in [6.07, 6.45) is 0. The lowest BCUT2D eigenvalue weighted by molar-refractivity contribution is 0.575. The summed E-state index contributed by atoms with van der Waals surface area (Å²) in [4.78, 5) is 0. The van der Waals surface area contributed by atoms with Crippen LogP contribution < -0.4 is 5.32 Å². The van der Waals surface area contributed by atoms with Crippen LogP contribution in [0, 0.1) is 0 Å². The molecule has 1 atom stereocenters. The van der Waals surface area contributed by atoms with Gasteiger partial charge in [0.2, 0.25) is 0 Å². The summed E-state index contributed by atoms with van der Waals surface area (Å²) in [7, 11) is 0. The van der Waals surface area contributed by atoms with Gasteiger partial charge in [0.05, 0.1) is 0 Å². The van der Waals surface area contributed by atoms with Crippen molar-refractivity contribution in [1.82, 2.24) is 5.32 Å². The molecule has 1 aromatic carbocycles. The predicted octanol–water partition coefficient (Wildman–Crippen LogP) is 4.36. The fraction of sp³-hybridized carbons (Fsp3) is 0.231. The molecule has 0 aliphatic rings. The van der Waals surface area contributed by atoms with Crippen LogP contribution in [0.3, 0.4) is 0 Å². The quantitative estimate of drug-likeness (QED) is 0.884. The zero-order valence-corrected chi connectivity index (χ0v) is 11.5. The molecule has 0 fully saturated rings. The van der Waals surface area contributed by atoms with E-state index in [1.807, 2.05) is 6.07 Å². The predicted molar refractivity (Wildman–Crippen MR) is 73.7 cm³/mol. The first kappa shape index (κ1) is 11.8. The molecule has 16 heavy (non-hydrogen) atoms. The molecule has 0 aliphatic heterocycles. The molecule has 0 saturated carbocycles. The Bertz CT molecular complexity index is 439. The highest BCUT2D eigenvalue weighted by Crippen LogP contribution is 2.19. The van der Waals surface area contributed by atoms with Crippen molar-refractivity contribution in [3.8, 4) is 0 Å². The molecular weight excluding hydrogens is 282 g/mol. The van der Waals surface area contributed by atoms with E-state index in [2.05, 4.69) is 63.2 Å². The molecule has 1 aromatic heterocycles. The molecular formula is C13H14BrNS. The van der Waals surface area contributed by atoms with Gasteiger partial charge in [-0.15, -0.1) is 0 Å². The molecule has 0 radical (unpaired) electrons. The van der Waals surface area contributed by atoms with Crippen molar-refractivity contribution in [3.05, 3.63) is 56.7 Å². The lowest BCUT2D eigenvalue weighted by atomic mass is 10.1. The van der Waals surface area contributed by atoms with Gasteiger partial charge in [0.1, 0.15) is 0 Å². The Morgan fingerprint density at radius 1 is 1.31 bits per heavy atom. The van der Waals surface area contributed by atoms with Gasteiger partial charge in [-0.2, -0.15) is 11.3 Å². The highest BCUT2D eigenvalue weighted by molar-refractivity contribution is 9.10. The van der Waals surface area contributed by atoms with Gasteiger partial charge in [-0.1, -0.05) is 34.1 Å². The molecule has 84 valence electrons. The van der Waals surface area contributed by atoms with Gasteiger partial charge in [-0.3, -0.25) is 0 Å². The summed E-state index contributed by atoms with van der Waals surface area (Å²) in [5.41, 5.74) is 2.65. The first-order valence-electron chi connectivity index (χ1n) is 5.26. The molecule has 0 aliphatic carbocycles. The number of halogens is 1. The van der Waals surface area contributed by atoms with Crippen molar-refractivity contribution in [2.24, 2.45) is 0 Å². The van der Waals surface area contributed by atoms with Gasteiger partial charge in [-0.05, 0) is 40.9 Å². The molecule has 0 spiro atoms. The smallest absolute Gasteiger partial charge is 0.0303 e. The summed E-state index contributed by atoms with van der Waals surface area (Å²) in [6, 6.07) is 10.9. The number of hydrogen-bond donors (Lipinski definition) is 1. The van der Waals surface area contributed by atoms with Crippen molar-refractivity contribution in [1.29, 1.82) is 0 Å². The van der Waals surface area contributed by atoms with Gasteiger partial charge in [0, 0.05) is 17.1 Å². The monoisotopic (exact) mass is 295 g/mol. The third-order valence-corrected chi connectivity index (χ3v) is 4.07. The van der Waals surface area contributed by atoms with Crippen LogP contribution >= 0.6 is 27.3 Å². The summed E-state index contributed by atoms with van der Waals surface area (Å²) in [5, 5.41) is 7.83. The SMILES string of the molecule is CC(NCc1ccccc1Br)c1ccsc1. The second kappa shape index (κ2) is 5.62. The number of benzene rings is 1. The van der Waals surface area contributed by atoms with Gasteiger partial charge in [-0.25, -0.2) is 0 Å². The minimum absolute atomic E-state index is 0.401. The molecule has 1 N–H and O–H groups in total. The fourth-order valence-electron chi connectivity index (χ4n) is 1.54. The number of thiophene rings is 1. The molecule has 3 heteroatoms. The van der Waals surface area contributed by atoms with Crippen LogP contribution in [0.4, 0.5) is 0 Å². The largest absolute Gasteiger partial charge is 0.306 e. The summed E-state index contributed by atoms with van der Waals surface area (Å²) in [5.74, 6) is 0. The zero-order chi connectivity index (χ0) is 11.4. The molecule has 1 nitrogen and oxygen atoms in total. The molecule has 0 bridgehead atoms. The van der Waals surface area contributed by atoms with Crippen LogP contribution in [0.1, 0.15) is 24.1 Å². The first-order valence-corrected chi connectivity index (χ1v) is 7.00. The molecule has 0 amide bonds. The van der Waals surface area contributed by atoms with Crippen molar-refractivity contribution in [2.75, 3.05) is 0 Å². The van der Waals surface area contributed by atoms with Gasteiger partial charge >= 0.3 is 0 Å². The van der Waals surface area contributed by atoms with E-state index in [1.54, 1.807) is 11.3 Å². The lowest BCUT2D eigenvalue weighted by Crippen LogP contribution is -2.17. The van der Waals surface area contributed by atoms with Crippen LogP contribution in [0.25, 0.3) is 0 Å². The minimum Gasteiger partial charge on any atom is -0.306 e. The fourth-order valence-corrected chi connectivity index (χ4v) is 2.72. The Labute approximate surface area is 109 Å². The van der Waals surface area contributed by atoms with E-state index < -0.39 is 0 Å².